The molecule has 1 heterocycles. The number of nitrogens with one attached hydrogen (secondary N) is 1. The molecule has 5 heteroatoms. The molecule has 0 saturated carbocycles. The first kappa shape index (κ1) is 16.3. The van der Waals surface area contributed by atoms with Gasteiger partial charge in [-0.25, -0.2) is 0 Å². The zero-order valence-corrected chi connectivity index (χ0v) is 13.7. The van der Waals surface area contributed by atoms with E-state index < -0.39 is 10.8 Å². The van der Waals surface area contributed by atoms with Gasteiger partial charge in [0.1, 0.15) is 0 Å². The van der Waals surface area contributed by atoms with Crippen molar-refractivity contribution in [3.8, 4) is 11.5 Å². The van der Waals surface area contributed by atoms with Crippen LogP contribution in [0.3, 0.4) is 0 Å². The highest BCUT2D eigenvalue weighted by atomic mass is 32.2. The minimum absolute atomic E-state index is 0.0968. The molecule has 1 aliphatic rings. The van der Waals surface area contributed by atoms with Crippen LogP contribution in [0.1, 0.15) is 38.3 Å². The molecule has 1 N–H and O–H groups in total. The monoisotopic (exact) mass is 311 g/mol. The van der Waals surface area contributed by atoms with Crippen LogP contribution >= 0.6 is 0 Å². The third kappa shape index (κ3) is 4.71. The molecule has 0 fully saturated rings. The molecule has 2 unspecified atom stereocenters. The van der Waals surface area contributed by atoms with E-state index in [9.17, 15) is 4.21 Å². The largest absolute Gasteiger partial charge is 0.490 e. The average Bonchev–Trinajstić information content (AvgIpc) is 2.71. The molecular formula is C16H25NO3S. The second-order valence-electron chi connectivity index (χ2n) is 5.18. The van der Waals surface area contributed by atoms with Gasteiger partial charge in [0, 0.05) is 34.8 Å². The zero-order chi connectivity index (χ0) is 15.1. The van der Waals surface area contributed by atoms with Gasteiger partial charge in [-0.3, -0.25) is 4.21 Å². The van der Waals surface area contributed by atoms with E-state index in [4.69, 9.17) is 9.47 Å². The van der Waals surface area contributed by atoms with Crippen LogP contribution in [0.15, 0.2) is 18.2 Å². The van der Waals surface area contributed by atoms with E-state index in [0.29, 0.717) is 19.0 Å². The van der Waals surface area contributed by atoms with E-state index in [1.807, 2.05) is 18.2 Å². The molecule has 21 heavy (non-hydrogen) atoms. The van der Waals surface area contributed by atoms with E-state index in [1.54, 1.807) is 0 Å². The summed E-state index contributed by atoms with van der Waals surface area (Å²) in [4.78, 5) is 0. The second-order valence-corrected chi connectivity index (χ2v) is 6.80. The summed E-state index contributed by atoms with van der Waals surface area (Å²) in [7, 11) is -0.792. The molecule has 1 aromatic rings. The van der Waals surface area contributed by atoms with Crippen molar-refractivity contribution in [1.29, 1.82) is 0 Å². The van der Waals surface area contributed by atoms with Gasteiger partial charge in [-0.05, 0) is 30.7 Å². The molecule has 0 spiro atoms. The number of hydrogen-bond donors (Lipinski definition) is 1. The lowest BCUT2D eigenvalue weighted by atomic mass is 10.1. The van der Waals surface area contributed by atoms with Crippen molar-refractivity contribution in [1.82, 2.24) is 5.32 Å². The minimum atomic E-state index is -0.792. The first-order chi connectivity index (χ1) is 10.2. The van der Waals surface area contributed by atoms with Crippen LogP contribution in [0, 0.1) is 0 Å². The Hall–Kier alpha value is -1.07. The van der Waals surface area contributed by atoms with Crippen molar-refractivity contribution in [3.05, 3.63) is 23.8 Å². The summed E-state index contributed by atoms with van der Waals surface area (Å²) in [5.74, 6) is 3.00. The summed E-state index contributed by atoms with van der Waals surface area (Å²) >= 11 is 0. The van der Waals surface area contributed by atoms with Crippen LogP contribution in [0.25, 0.3) is 0 Å². The Morgan fingerprint density at radius 1 is 1.24 bits per heavy atom. The van der Waals surface area contributed by atoms with Gasteiger partial charge in [0.15, 0.2) is 11.5 Å². The number of hydrogen-bond acceptors (Lipinski definition) is 4. The SMILES string of the molecule is CCCS(=O)CC(NCC)c1ccc2c(c1)OCCCO2. The molecule has 2 atom stereocenters. The first-order valence-corrected chi connectivity index (χ1v) is 9.21. The molecule has 1 aromatic carbocycles. The number of fused-ring (bicyclic) bond motifs is 1. The molecule has 1 aliphatic heterocycles. The lowest BCUT2D eigenvalue weighted by Gasteiger charge is -2.19. The highest BCUT2D eigenvalue weighted by molar-refractivity contribution is 7.85. The van der Waals surface area contributed by atoms with Gasteiger partial charge in [0.25, 0.3) is 0 Å². The molecule has 0 aliphatic carbocycles. The standard InChI is InChI=1S/C16H25NO3S/c1-3-10-21(18)12-14(17-4-2)13-6-7-15-16(11-13)20-9-5-8-19-15/h6-7,11,14,17H,3-5,8-10,12H2,1-2H3. The Morgan fingerprint density at radius 3 is 2.71 bits per heavy atom. The van der Waals surface area contributed by atoms with Gasteiger partial charge in [-0.1, -0.05) is 19.9 Å². The molecule has 2 rings (SSSR count). The van der Waals surface area contributed by atoms with Crippen LogP contribution < -0.4 is 14.8 Å². The lowest BCUT2D eigenvalue weighted by molar-refractivity contribution is 0.297. The fourth-order valence-electron chi connectivity index (χ4n) is 2.41. The van der Waals surface area contributed by atoms with Crippen LogP contribution in [0.5, 0.6) is 11.5 Å². The Kier molecular flexibility index (Phi) is 6.51. The van der Waals surface area contributed by atoms with Crippen LogP contribution in [0.4, 0.5) is 0 Å². The van der Waals surface area contributed by atoms with Crippen molar-refractivity contribution >= 4 is 10.8 Å². The molecule has 0 saturated heterocycles. The average molecular weight is 311 g/mol. The van der Waals surface area contributed by atoms with Gasteiger partial charge in [-0.15, -0.1) is 0 Å². The maximum atomic E-state index is 12.1. The topological polar surface area (TPSA) is 47.6 Å². The summed E-state index contributed by atoms with van der Waals surface area (Å²) in [6, 6.07) is 6.13. The minimum Gasteiger partial charge on any atom is -0.490 e. The molecule has 0 aromatic heterocycles. The summed E-state index contributed by atoms with van der Waals surface area (Å²) in [5.41, 5.74) is 1.12. The van der Waals surface area contributed by atoms with Gasteiger partial charge >= 0.3 is 0 Å². The summed E-state index contributed by atoms with van der Waals surface area (Å²) < 4.78 is 23.5. The Morgan fingerprint density at radius 2 is 2.00 bits per heavy atom. The van der Waals surface area contributed by atoms with Crippen molar-refractivity contribution in [3.63, 3.8) is 0 Å². The van der Waals surface area contributed by atoms with E-state index in [2.05, 4.69) is 19.2 Å². The van der Waals surface area contributed by atoms with Crippen molar-refractivity contribution < 1.29 is 13.7 Å². The quantitative estimate of drug-likeness (QED) is 0.841. The van der Waals surface area contributed by atoms with Crippen LogP contribution in [-0.4, -0.2) is 35.5 Å². The third-order valence-electron chi connectivity index (χ3n) is 3.41. The van der Waals surface area contributed by atoms with E-state index in [-0.39, 0.29) is 6.04 Å². The number of benzene rings is 1. The number of ether oxygens (including phenoxy) is 2. The Labute approximate surface area is 129 Å². The molecule has 0 radical (unpaired) electrons. The smallest absolute Gasteiger partial charge is 0.161 e. The fourth-order valence-corrected chi connectivity index (χ4v) is 3.72. The normalized spacial score (nSPS) is 17.0. The van der Waals surface area contributed by atoms with E-state index in [0.717, 1.165) is 42.2 Å². The maximum Gasteiger partial charge on any atom is 0.161 e. The van der Waals surface area contributed by atoms with Crippen molar-refractivity contribution in [2.45, 2.75) is 32.7 Å². The highest BCUT2D eigenvalue weighted by Gasteiger charge is 2.17. The molecular weight excluding hydrogens is 286 g/mol. The fraction of sp³-hybridized carbons (Fsp3) is 0.625. The van der Waals surface area contributed by atoms with Gasteiger partial charge in [-0.2, -0.15) is 0 Å². The van der Waals surface area contributed by atoms with Gasteiger partial charge in [0.2, 0.25) is 0 Å². The molecule has 4 nitrogen and oxygen atoms in total. The number of rotatable bonds is 7. The molecule has 118 valence electrons. The Balaban J connectivity index is 2.15. The van der Waals surface area contributed by atoms with Crippen LogP contribution in [0.2, 0.25) is 0 Å². The van der Waals surface area contributed by atoms with Gasteiger partial charge in [0.05, 0.1) is 13.2 Å². The van der Waals surface area contributed by atoms with Crippen LogP contribution in [-0.2, 0) is 10.8 Å². The zero-order valence-electron chi connectivity index (χ0n) is 12.9. The van der Waals surface area contributed by atoms with Crippen molar-refractivity contribution in [2.24, 2.45) is 0 Å². The molecule has 0 bridgehead atoms. The summed E-state index contributed by atoms with van der Waals surface area (Å²) in [5, 5.41) is 3.42. The Bertz CT molecular complexity index is 479. The third-order valence-corrected chi connectivity index (χ3v) is 4.98. The molecule has 0 amide bonds. The predicted octanol–water partition coefficient (Wildman–Crippen LogP) is 2.66. The lowest BCUT2D eigenvalue weighted by Crippen LogP contribution is -2.26. The van der Waals surface area contributed by atoms with E-state index >= 15 is 0 Å². The summed E-state index contributed by atoms with van der Waals surface area (Å²) in [6.45, 7) is 6.36. The first-order valence-electron chi connectivity index (χ1n) is 7.72. The predicted molar refractivity (Wildman–Crippen MR) is 86.6 cm³/mol. The second kappa shape index (κ2) is 8.39. The highest BCUT2D eigenvalue weighted by Crippen LogP contribution is 2.32. The summed E-state index contributed by atoms with van der Waals surface area (Å²) in [6.07, 6.45) is 1.85. The van der Waals surface area contributed by atoms with Gasteiger partial charge < -0.3 is 14.8 Å². The maximum absolute atomic E-state index is 12.1. The van der Waals surface area contributed by atoms with E-state index in [1.165, 1.54) is 0 Å². The van der Waals surface area contributed by atoms with Crippen molar-refractivity contribution in [2.75, 3.05) is 31.3 Å².